The number of hydrogen-bond acceptors (Lipinski definition) is 5. The summed E-state index contributed by atoms with van der Waals surface area (Å²) in [5, 5.41) is 20.2. The van der Waals surface area contributed by atoms with Gasteiger partial charge in [0.2, 0.25) is 5.88 Å². The van der Waals surface area contributed by atoms with Crippen molar-refractivity contribution in [1.29, 1.82) is 0 Å². The van der Waals surface area contributed by atoms with Gasteiger partial charge in [-0.25, -0.2) is 0 Å². The number of ether oxygens (including phenoxy) is 1. The maximum Gasteiger partial charge on any atom is 0.295 e. The Morgan fingerprint density at radius 1 is 1.17 bits per heavy atom. The molecule has 0 radical (unpaired) electrons. The number of aromatic nitrogens is 1. The smallest absolute Gasteiger partial charge is 0.295 e. The molecule has 7 nitrogen and oxygen atoms in total. The first kappa shape index (κ1) is 24.0. The predicted octanol–water partition coefficient (Wildman–Crippen LogP) is 6.90. The molecule has 5 rings (SSSR count). The summed E-state index contributed by atoms with van der Waals surface area (Å²) in [5.74, 6) is 0.203. The number of nitrogens with zero attached hydrogens (tertiary/aromatic N) is 4. The Hall–Kier alpha value is -2.71. The van der Waals surface area contributed by atoms with Gasteiger partial charge in [0.25, 0.3) is 5.91 Å². The molecule has 0 spiro atoms. The number of carbonyl (C=O) groups is 1. The number of fused-ring (bicyclic) bond motifs is 3. The van der Waals surface area contributed by atoms with E-state index < -0.39 is 5.91 Å². The molecule has 2 aromatic carbocycles. The number of amides is 1. The van der Waals surface area contributed by atoms with Crippen LogP contribution in [-0.4, -0.2) is 40.2 Å². The van der Waals surface area contributed by atoms with Crippen LogP contribution >= 0.6 is 15.9 Å². The van der Waals surface area contributed by atoms with Crippen molar-refractivity contribution in [1.82, 2.24) is 9.47 Å². The normalized spacial score (nSPS) is 23.9. The van der Waals surface area contributed by atoms with E-state index in [2.05, 4.69) is 51.8 Å². The molecule has 1 amide bonds. The highest BCUT2D eigenvalue weighted by Crippen LogP contribution is 2.53. The molecule has 184 valence electrons. The van der Waals surface area contributed by atoms with Gasteiger partial charge in [0, 0.05) is 28.0 Å². The lowest BCUT2D eigenvalue weighted by Gasteiger charge is -2.40. The van der Waals surface area contributed by atoms with Crippen LogP contribution in [0.4, 0.5) is 5.69 Å². The van der Waals surface area contributed by atoms with E-state index in [0.717, 1.165) is 28.3 Å². The molecule has 8 heteroatoms. The minimum Gasteiger partial charge on any atom is -0.497 e. The van der Waals surface area contributed by atoms with Crippen molar-refractivity contribution in [3.63, 3.8) is 0 Å². The van der Waals surface area contributed by atoms with Crippen LogP contribution in [0.15, 0.2) is 57.2 Å². The number of carbonyl (C=O) groups excluding carboxylic acids is 1. The van der Waals surface area contributed by atoms with Gasteiger partial charge in [-0.15, -0.1) is 10.2 Å². The van der Waals surface area contributed by atoms with Crippen molar-refractivity contribution >= 4 is 38.4 Å². The maximum absolute atomic E-state index is 12.6. The summed E-state index contributed by atoms with van der Waals surface area (Å²) < 4.78 is 7.91. The fraction of sp³-hybridized carbons (Fsp3) is 0.444. The number of methoxy groups -OCH3 is 1. The van der Waals surface area contributed by atoms with Gasteiger partial charge in [-0.1, -0.05) is 36.7 Å². The molecule has 2 bridgehead atoms. The lowest BCUT2D eigenvalue weighted by atomic mass is 9.65. The monoisotopic (exact) mass is 538 g/mol. The number of aromatic hydroxyl groups is 1. The maximum atomic E-state index is 12.6. The van der Waals surface area contributed by atoms with E-state index in [0.29, 0.717) is 40.5 Å². The van der Waals surface area contributed by atoms with Gasteiger partial charge in [-0.05, 0) is 72.6 Å². The van der Waals surface area contributed by atoms with Crippen molar-refractivity contribution < 1.29 is 14.6 Å². The summed E-state index contributed by atoms with van der Waals surface area (Å²) in [5.41, 5.74) is 2.18. The molecule has 2 heterocycles. The molecule has 35 heavy (non-hydrogen) atoms. The Bertz CT molecular complexity index is 1310. The first-order chi connectivity index (χ1) is 16.6. The minimum atomic E-state index is -0.480. The Balaban J connectivity index is 1.47. The summed E-state index contributed by atoms with van der Waals surface area (Å²) >= 11 is 3.52. The Kier molecular flexibility index (Phi) is 6.00. The van der Waals surface area contributed by atoms with Crippen molar-refractivity contribution in [2.24, 2.45) is 21.1 Å². The van der Waals surface area contributed by atoms with Crippen LogP contribution in [0.3, 0.4) is 0 Å². The molecule has 0 unspecified atom stereocenters. The zero-order chi connectivity index (χ0) is 25.0. The van der Waals surface area contributed by atoms with Crippen molar-refractivity contribution in [3.05, 3.63) is 52.5 Å². The summed E-state index contributed by atoms with van der Waals surface area (Å²) in [6.45, 7) is 8.68. The van der Waals surface area contributed by atoms with Crippen LogP contribution in [0.5, 0.6) is 11.6 Å². The van der Waals surface area contributed by atoms with Crippen molar-refractivity contribution in [2.75, 3.05) is 13.7 Å². The average Bonchev–Trinajstić information content (AvgIpc) is 3.19. The highest BCUT2D eigenvalue weighted by molar-refractivity contribution is 9.10. The molecule has 1 saturated carbocycles. The third-order valence-corrected chi connectivity index (χ3v) is 7.89. The van der Waals surface area contributed by atoms with Crippen LogP contribution in [0, 0.1) is 10.8 Å². The van der Waals surface area contributed by atoms with Gasteiger partial charge in [0.1, 0.15) is 5.75 Å². The van der Waals surface area contributed by atoms with Gasteiger partial charge in [-0.2, -0.15) is 0 Å². The molecule has 1 N–H and O–H groups in total. The standard InChI is InChI=1S/C27H31BrN4O3/c1-26(2)12-19-13-27(3,14-26)15-31(19)16-32-22-10-7-18(28)11-21(22)23(25(32)34)29-30-24(33)17-5-8-20(35-4)9-6-17/h5-11,19,34H,12-16H2,1-4H3/t19-,27-/m0/s1. The number of rotatable bonds is 5. The summed E-state index contributed by atoms with van der Waals surface area (Å²) in [6, 6.07) is 13.0. The van der Waals surface area contributed by atoms with E-state index in [4.69, 9.17) is 4.74 Å². The lowest BCUT2D eigenvalue weighted by Crippen LogP contribution is -2.35. The molecule has 1 aliphatic heterocycles. The van der Waals surface area contributed by atoms with Crippen LogP contribution < -0.4 is 4.74 Å². The summed E-state index contributed by atoms with van der Waals surface area (Å²) in [7, 11) is 1.57. The molecule has 1 saturated heterocycles. The van der Waals surface area contributed by atoms with Crippen molar-refractivity contribution in [3.8, 4) is 11.6 Å². The largest absolute Gasteiger partial charge is 0.497 e. The van der Waals surface area contributed by atoms with E-state index >= 15 is 0 Å². The van der Waals surface area contributed by atoms with Gasteiger partial charge in [0.15, 0.2) is 5.69 Å². The zero-order valence-electron chi connectivity index (χ0n) is 20.6. The molecule has 1 aliphatic carbocycles. The second-order valence-electron chi connectivity index (χ2n) is 11.1. The Morgan fingerprint density at radius 3 is 2.63 bits per heavy atom. The molecule has 3 aromatic rings. The van der Waals surface area contributed by atoms with Crippen LogP contribution in [0.25, 0.3) is 10.9 Å². The second kappa shape index (κ2) is 8.75. The predicted molar refractivity (Wildman–Crippen MR) is 139 cm³/mol. The molecule has 2 atom stereocenters. The topological polar surface area (TPSA) is 79.4 Å². The van der Waals surface area contributed by atoms with E-state index in [1.807, 2.05) is 22.8 Å². The quantitative estimate of drug-likeness (QED) is 0.358. The number of azo groups is 1. The van der Waals surface area contributed by atoms with Gasteiger partial charge >= 0.3 is 0 Å². The van der Waals surface area contributed by atoms with E-state index in [1.54, 1.807) is 31.4 Å². The Morgan fingerprint density at radius 2 is 1.91 bits per heavy atom. The molecule has 2 aliphatic rings. The summed E-state index contributed by atoms with van der Waals surface area (Å²) in [4.78, 5) is 15.1. The van der Waals surface area contributed by atoms with E-state index in [1.165, 1.54) is 12.8 Å². The third kappa shape index (κ3) is 4.61. The average molecular weight is 539 g/mol. The molecule has 1 aromatic heterocycles. The fourth-order valence-electron chi connectivity index (χ4n) is 6.35. The minimum absolute atomic E-state index is 0.0234. The SMILES string of the molecule is COc1ccc(C(=O)N=Nc2c(O)n(CN3C[C@@]4(C)C[C@@H]3CC(C)(C)C4)c3ccc(Br)cc23)cc1. The van der Waals surface area contributed by atoms with Crippen LogP contribution in [-0.2, 0) is 6.67 Å². The highest BCUT2D eigenvalue weighted by Gasteiger charge is 2.49. The lowest BCUT2D eigenvalue weighted by molar-refractivity contribution is 0.0995. The second-order valence-corrected chi connectivity index (χ2v) is 12.0. The van der Waals surface area contributed by atoms with Crippen molar-refractivity contribution in [2.45, 2.75) is 52.7 Å². The first-order valence-electron chi connectivity index (χ1n) is 11.9. The number of hydrogen-bond donors (Lipinski definition) is 1. The number of halogens is 1. The Labute approximate surface area is 213 Å². The number of likely N-dealkylation sites (tertiary alicyclic amines) is 1. The van der Waals surface area contributed by atoms with E-state index in [9.17, 15) is 9.90 Å². The van der Waals surface area contributed by atoms with Crippen LogP contribution in [0.1, 0.15) is 50.4 Å². The summed E-state index contributed by atoms with van der Waals surface area (Å²) in [6.07, 6.45) is 3.55. The zero-order valence-corrected chi connectivity index (χ0v) is 22.2. The van der Waals surface area contributed by atoms with Crippen LogP contribution in [0.2, 0.25) is 0 Å². The van der Waals surface area contributed by atoms with Gasteiger partial charge < -0.3 is 9.84 Å². The first-order valence-corrected chi connectivity index (χ1v) is 12.7. The third-order valence-electron chi connectivity index (χ3n) is 7.40. The fourth-order valence-corrected chi connectivity index (χ4v) is 6.71. The molecule has 2 fully saturated rings. The number of benzene rings is 2. The van der Waals surface area contributed by atoms with Gasteiger partial charge in [0.05, 0.1) is 19.3 Å². The van der Waals surface area contributed by atoms with Gasteiger partial charge in [-0.3, -0.25) is 14.3 Å². The molecular formula is C27H31BrN4O3. The van der Waals surface area contributed by atoms with E-state index in [-0.39, 0.29) is 5.88 Å². The molecular weight excluding hydrogens is 508 g/mol. The highest BCUT2D eigenvalue weighted by atomic mass is 79.9.